The fraction of sp³-hybridized carbons (Fsp3) is 0.275. The Morgan fingerprint density at radius 1 is 0.745 bits per heavy atom. The number of benzene rings is 4. The summed E-state index contributed by atoms with van der Waals surface area (Å²) < 4.78 is 73.9. The van der Waals surface area contributed by atoms with Gasteiger partial charge in [-0.1, -0.05) is 98.9 Å². The molecule has 4 aromatic carbocycles. The van der Waals surface area contributed by atoms with E-state index in [0.29, 0.717) is 11.3 Å². The number of rotatable bonds is 1. The number of hydrogen-bond acceptors (Lipinski definition) is 0. The van der Waals surface area contributed by atoms with Crippen LogP contribution in [0.2, 0.25) is 0 Å². The molecule has 4 aromatic rings. The van der Waals surface area contributed by atoms with E-state index in [1.165, 1.54) is 81.9 Å². The van der Waals surface area contributed by atoms with Crippen molar-refractivity contribution < 1.29 is 50.6 Å². The van der Waals surface area contributed by atoms with Crippen molar-refractivity contribution in [3.8, 4) is 11.1 Å². The van der Waals surface area contributed by atoms with Crippen LogP contribution in [-0.2, 0) is 43.0 Å². The molecule has 1 atom stereocenters. The maximum absolute atomic E-state index is 11.8. The standard InChI is InChI=1S/C13H9.C12H19.2C7H4F3.CH2.Zr/c1-3-7-12-10(5-1)9-11-6-2-4-8-13(11)12;1-6-10-7-9(2)8-11(10)12(3,4)5;2*8-7(9,10)6-4-2-1-3-5-6;;/h1-5,7-8H,9H2;8-9H,6H2,1-5H3;2*1-2,4-5H;1H2;/q4*-1;;. The topological polar surface area (TPSA) is 0 Å². The van der Waals surface area contributed by atoms with Gasteiger partial charge in [-0.3, -0.25) is 6.08 Å². The third-order valence-corrected chi connectivity index (χ3v) is 6.99. The minimum atomic E-state index is -4.24. The van der Waals surface area contributed by atoms with Gasteiger partial charge in [0.05, 0.1) is 0 Å². The van der Waals surface area contributed by atoms with Crippen molar-refractivity contribution in [2.24, 2.45) is 11.3 Å². The summed E-state index contributed by atoms with van der Waals surface area (Å²) in [5.41, 5.74) is 7.41. The summed E-state index contributed by atoms with van der Waals surface area (Å²) in [7, 11) is 0. The van der Waals surface area contributed by atoms with E-state index in [0.717, 1.165) is 37.1 Å². The first kappa shape index (κ1) is 39.9. The summed E-state index contributed by atoms with van der Waals surface area (Å²) in [6, 6.07) is 32.1. The molecular formula is C40H38F6Zr-4. The molecule has 7 heteroatoms. The molecule has 1 unspecified atom stereocenters. The van der Waals surface area contributed by atoms with E-state index in [-0.39, 0.29) is 0 Å². The van der Waals surface area contributed by atoms with Gasteiger partial charge in [0.2, 0.25) is 0 Å². The molecule has 0 amide bonds. The Labute approximate surface area is 290 Å². The predicted molar refractivity (Wildman–Crippen MR) is 175 cm³/mol. The van der Waals surface area contributed by atoms with Gasteiger partial charge in [0, 0.05) is 0 Å². The molecule has 0 radical (unpaired) electrons. The summed E-state index contributed by atoms with van der Waals surface area (Å²) in [5, 5.41) is 0. The molecule has 0 nitrogen and oxygen atoms in total. The SMILES string of the molecule is CCC1=[C-]C(C)C=C1C(C)(C)C.FC(F)(F)c1c[c-]ccc1.FC(F)(F)c1c[c-]ccc1.[CH2]=[Zr].[c-]1cccc2c1Cc1ccccc1-2. The molecule has 0 saturated heterocycles. The van der Waals surface area contributed by atoms with Crippen LogP contribution in [0.15, 0.2) is 108 Å². The van der Waals surface area contributed by atoms with Crippen molar-refractivity contribution in [3.05, 3.63) is 155 Å². The van der Waals surface area contributed by atoms with Crippen LogP contribution in [0.4, 0.5) is 26.3 Å². The molecule has 248 valence electrons. The maximum atomic E-state index is 11.8. The number of hydrogen-bond donors (Lipinski definition) is 0. The van der Waals surface area contributed by atoms with Crippen molar-refractivity contribution in [2.75, 3.05) is 0 Å². The van der Waals surface area contributed by atoms with Gasteiger partial charge in [-0.2, -0.15) is 128 Å². The largest absolute Gasteiger partial charge is 0.179 e. The monoisotopic (exact) mass is 722 g/mol. The van der Waals surface area contributed by atoms with Crippen molar-refractivity contribution in [3.63, 3.8) is 0 Å². The third-order valence-electron chi connectivity index (χ3n) is 6.99. The minimum Gasteiger partial charge on any atom is -0.179 e. The van der Waals surface area contributed by atoms with Gasteiger partial charge in [0.25, 0.3) is 0 Å². The second kappa shape index (κ2) is 18.3. The molecule has 2 aliphatic carbocycles. The van der Waals surface area contributed by atoms with Crippen LogP contribution in [-0.4, -0.2) is 4.21 Å². The summed E-state index contributed by atoms with van der Waals surface area (Å²) in [4.78, 5) is 0. The van der Waals surface area contributed by atoms with E-state index >= 15 is 0 Å². The first-order valence-electron chi connectivity index (χ1n) is 15.0. The average molecular weight is 724 g/mol. The molecule has 6 rings (SSSR count). The molecule has 0 saturated carbocycles. The second-order valence-electron chi connectivity index (χ2n) is 11.6. The van der Waals surface area contributed by atoms with Gasteiger partial charge in [-0.05, 0) is 6.42 Å². The van der Waals surface area contributed by atoms with Crippen LogP contribution in [0.1, 0.15) is 63.3 Å². The zero-order chi connectivity index (χ0) is 35.3. The predicted octanol–water partition coefficient (Wildman–Crippen LogP) is 11.8. The smallest absolute Gasteiger partial charge is 0.0253 e. The van der Waals surface area contributed by atoms with Crippen LogP contribution >= 0.6 is 0 Å². The van der Waals surface area contributed by atoms with E-state index in [2.05, 4.69) is 106 Å². The van der Waals surface area contributed by atoms with E-state index in [1.54, 1.807) is 0 Å². The molecule has 2 aliphatic rings. The Kier molecular flexibility index (Phi) is 15.5. The molecule has 47 heavy (non-hydrogen) atoms. The van der Waals surface area contributed by atoms with E-state index in [4.69, 9.17) is 0 Å². The number of allylic oxidation sites excluding steroid dienone is 4. The normalized spacial score (nSPS) is 14.5. The van der Waals surface area contributed by atoms with E-state index in [9.17, 15) is 26.3 Å². The average Bonchev–Trinajstić information content (AvgIpc) is 3.63. The van der Waals surface area contributed by atoms with Crippen molar-refractivity contribution in [1.29, 1.82) is 0 Å². The number of halogens is 6. The molecule has 0 fully saturated rings. The van der Waals surface area contributed by atoms with E-state index < -0.39 is 23.5 Å². The van der Waals surface area contributed by atoms with Gasteiger partial charge < -0.3 is 0 Å². The molecular weight excluding hydrogens is 686 g/mol. The van der Waals surface area contributed by atoms with Crippen molar-refractivity contribution in [2.45, 2.75) is 59.8 Å². The van der Waals surface area contributed by atoms with Crippen molar-refractivity contribution in [1.82, 2.24) is 0 Å². The zero-order valence-corrected chi connectivity index (χ0v) is 29.7. The first-order chi connectivity index (χ1) is 22.1. The molecule has 0 N–H and O–H groups in total. The first-order valence-corrected chi connectivity index (χ1v) is 16.7. The van der Waals surface area contributed by atoms with Crippen LogP contribution in [0.25, 0.3) is 11.1 Å². The third kappa shape index (κ3) is 12.7. The Morgan fingerprint density at radius 3 is 1.68 bits per heavy atom. The van der Waals surface area contributed by atoms with Crippen LogP contribution < -0.4 is 0 Å². The fourth-order valence-corrected chi connectivity index (χ4v) is 4.88. The quantitative estimate of drug-likeness (QED) is 0.119. The fourth-order valence-electron chi connectivity index (χ4n) is 4.88. The molecule has 0 heterocycles. The van der Waals surface area contributed by atoms with Gasteiger partial charge >= 0.3 is 40.8 Å². The van der Waals surface area contributed by atoms with Gasteiger partial charge in [-0.15, -0.1) is 5.56 Å². The number of alkyl halides is 6. The molecule has 0 spiro atoms. The maximum Gasteiger partial charge on any atom is -0.0253 e. The van der Waals surface area contributed by atoms with Crippen LogP contribution in [0.5, 0.6) is 0 Å². The van der Waals surface area contributed by atoms with Gasteiger partial charge in [0.15, 0.2) is 0 Å². The summed E-state index contributed by atoms with van der Waals surface area (Å²) in [6.07, 6.45) is -0.480. The van der Waals surface area contributed by atoms with Gasteiger partial charge in [-0.25, -0.2) is 5.57 Å². The Balaban J connectivity index is 0.000000215. The van der Waals surface area contributed by atoms with Crippen molar-refractivity contribution >= 4 is 4.21 Å². The van der Waals surface area contributed by atoms with E-state index in [1.807, 2.05) is 6.07 Å². The van der Waals surface area contributed by atoms with Crippen LogP contribution in [0, 0.1) is 35.6 Å². The Hall–Kier alpha value is -3.31. The molecule has 0 aliphatic heterocycles. The molecule has 0 aromatic heterocycles. The van der Waals surface area contributed by atoms with Gasteiger partial charge in [0.1, 0.15) is 0 Å². The Bertz CT molecular complexity index is 1480. The minimum absolute atomic E-state index is 0.295. The Morgan fingerprint density at radius 2 is 1.26 bits per heavy atom. The zero-order valence-electron chi connectivity index (χ0n) is 27.2. The summed E-state index contributed by atoms with van der Waals surface area (Å²) >= 11 is 1.30. The van der Waals surface area contributed by atoms with Crippen LogP contribution in [0.3, 0.4) is 0 Å². The summed E-state index contributed by atoms with van der Waals surface area (Å²) in [6.45, 7) is 11.2. The number of fused-ring (bicyclic) bond motifs is 3. The molecule has 0 bridgehead atoms. The second-order valence-corrected chi connectivity index (χ2v) is 11.6. The summed E-state index contributed by atoms with van der Waals surface area (Å²) in [5.74, 6) is 0.522.